The minimum Gasteiger partial charge on any atom is -0.445 e. The average molecular weight is 740 g/mol. The van der Waals surface area contributed by atoms with Gasteiger partial charge in [-0.05, 0) is 19.3 Å². The number of ether oxygens (including phenoxy) is 1. The lowest BCUT2D eigenvalue weighted by Crippen LogP contribution is -2.50. The lowest BCUT2D eigenvalue weighted by atomic mass is 10.0. The molecule has 0 heterocycles. The minimum atomic E-state index is -1.71. The molecule has 0 aromatic carbocycles. The Bertz CT molecular complexity index is 764. The van der Waals surface area contributed by atoms with Gasteiger partial charge in [0.05, 0.1) is 12.1 Å². The van der Waals surface area contributed by atoms with Crippen molar-refractivity contribution in [2.75, 3.05) is 13.2 Å². The van der Waals surface area contributed by atoms with Crippen LogP contribution in [0.4, 0.5) is 4.79 Å². The zero-order valence-corrected chi connectivity index (χ0v) is 33.1. The van der Waals surface area contributed by atoms with Gasteiger partial charge >= 0.3 is 6.09 Å². The van der Waals surface area contributed by atoms with Crippen LogP contribution in [0, 0.1) is 0 Å². The molecule has 0 radical (unpaired) electrons. The SMILES string of the molecule is CCCCCCCCCCCCC/C=C/[C@@H](O)[C@H](CNC(=O)OCC(Cl)(Cl)Cl)NC(=O)CCCCCCCCCCCCCCCCC. The van der Waals surface area contributed by atoms with Crippen LogP contribution in [-0.4, -0.2) is 46.2 Å². The molecule has 2 amide bonds. The van der Waals surface area contributed by atoms with Crippen molar-refractivity contribution in [2.24, 2.45) is 0 Å². The number of carbonyl (C=O) groups is 2. The van der Waals surface area contributed by atoms with E-state index >= 15 is 0 Å². The number of hydrogen-bond donors (Lipinski definition) is 3. The molecule has 0 aliphatic rings. The van der Waals surface area contributed by atoms with Gasteiger partial charge in [0.15, 0.2) is 0 Å². The molecule has 48 heavy (non-hydrogen) atoms. The highest BCUT2D eigenvalue weighted by Crippen LogP contribution is 2.25. The van der Waals surface area contributed by atoms with Gasteiger partial charge < -0.3 is 20.5 Å². The van der Waals surface area contributed by atoms with Crippen LogP contribution in [0.5, 0.6) is 0 Å². The molecule has 2 atom stereocenters. The van der Waals surface area contributed by atoms with Gasteiger partial charge in [-0.25, -0.2) is 4.79 Å². The van der Waals surface area contributed by atoms with Crippen LogP contribution in [0.1, 0.15) is 194 Å². The molecular weight excluding hydrogens is 667 g/mol. The smallest absolute Gasteiger partial charge is 0.407 e. The number of rotatable bonds is 34. The molecule has 9 heteroatoms. The lowest BCUT2D eigenvalue weighted by Gasteiger charge is -2.23. The molecule has 0 aliphatic carbocycles. The largest absolute Gasteiger partial charge is 0.445 e. The summed E-state index contributed by atoms with van der Waals surface area (Å²) >= 11 is 17.0. The van der Waals surface area contributed by atoms with Crippen LogP contribution < -0.4 is 10.6 Å². The number of aliphatic hydroxyl groups excluding tert-OH is 1. The number of halogens is 3. The summed E-state index contributed by atoms with van der Waals surface area (Å²) in [4.78, 5) is 24.8. The Kier molecular flexibility index (Phi) is 34.2. The van der Waals surface area contributed by atoms with Crippen molar-refractivity contribution in [1.29, 1.82) is 0 Å². The molecule has 0 spiro atoms. The number of unbranched alkanes of at least 4 members (excludes halogenated alkanes) is 25. The highest BCUT2D eigenvalue weighted by atomic mass is 35.6. The third kappa shape index (κ3) is 35.1. The molecule has 0 unspecified atom stereocenters. The molecule has 0 fully saturated rings. The van der Waals surface area contributed by atoms with Gasteiger partial charge in [0.25, 0.3) is 0 Å². The Hall–Kier alpha value is -0.690. The minimum absolute atomic E-state index is 0.00671. The lowest BCUT2D eigenvalue weighted by molar-refractivity contribution is -0.122. The van der Waals surface area contributed by atoms with Gasteiger partial charge in [0.2, 0.25) is 9.70 Å². The molecule has 6 nitrogen and oxygen atoms in total. The molecular formula is C39H73Cl3N2O4. The van der Waals surface area contributed by atoms with Crippen molar-refractivity contribution < 1.29 is 19.4 Å². The first-order valence-electron chi connectivity index (χ1n) is 19.8. The quantitative estimate of drug-likeness (QED) is 0.0348. The highest BCUT2D eigenvalue weighted by molar-refractivity contribution is 6.67. The van der Waals surface area contributed by atoms with Crippen LogP contribution in [0.15, 0.2) is 12.2 Å². The van der Waals surface area contributed by atoms with Crippen molar-refractivity contribution in [3.8, 4) is 0 Å². The number of allylic oxidation sites excluding steroid dienone is 1. The molecule has 284 valence electrons. The van der Waals surface area contributed by atoms with Crippen LogP contribution in [0.2, 0.25) is 0 Å². The monoisotopic (exact) mass is 738 g/mol. The van der Waals surface area contributed by atoms with E-state index in [0.717, 1.165) is 32.1 Å². The molecule has 0 bridgehead atoms. The number of amides is 2. The van der Waals surface area contributed by atoms with Crippen molar-refractivity contribution >= 4 is 46.8 Å². The summed E-state index contributed by atoms with van der Waals surface area (Å²) in [6.07, 6.45) is 36.4. The van der Waals surface area contributed by atoms with Crippen LogP contribution >= 0.6 is 34.8 Å². The van der Waals surface area contributed by atoms with E-state index in [1.807, 2.05) is 6.08 Å². The van der Waals surface area contributed by atoms with Crippen molar-refractivity contribution in [1.82, 2.24) is 10.6 Å². The predicted molar refractivity (Wildman–Crippen MR) is 207 cm³/mol. The fourth-order valence-corrected chi connectivity index (χ4v) is 6.04. The Balaban J connectivity index is 4.29. The van der Waals surface area contributed by atoms with Crippen molar-refractivity contribution in [2.45, 2.75) is 210 Å². The first kappa shape index (κ1) is 47.3. The topological polar surface area (TPSA) is 87.7 Å². The summed E-state index contributed by atoms with van der Waals surface area (Å²) in [5, 5.41) is 16.3. The van der Waals surface area contributed by atoms with Gasteiger partial charge in [-0.3, -0.25) is 4.79 Å². The second kappa shape index (κ2) is 34.7. The second-order valence-corrected chi connectivity index (χ2v) is 16.2. The highest BCUT2D eigenvalue weighted by Gasteiger charge is 2.24. The van der Waals surface area contributed by atoms with Crippen LogP contribution in [-0.2, 0) is 9.53 Å². The van der Waals surface area contributed by atoms with E-state index in [0.29, 0.717) is 6.42 Å². The number of alkyl halides is 3. The van der Waals surface area contributed by atoms with Gasteiger partial charge in [-0.15, -0.1) is 0 Å². The number of alkyl carbamates (subject to hydrolysis) is 1. The number of carbonyl (C=O) groups excluding carboxylic acids is 2. The van der Waals surface area contributed by atoms with E-state index in [-0.39, 0.29) is 12.5 Å². The van der Waals surface area contributed by atoms with E-state index in [4.69, 9.17) is 39.5 Å². The molecule has 0 saturated carbocycles. The molecule has 3 N–H and O–H groups in total. The molecule has 0 aliphatic heterocycles. The van der Waals surface area contributed by atoms with Crippen molar-refractivity contribution in [3.05, 3.63) is 12.2 Å². The summed E-state index contributed by atoms with van der Waals surface area (Å²) in [5.74, 6) is -0.135. The van der Waals surface area contributed by atoms with Gasteiger partial charge in [-0.2, -0.15) is 0 Å². The zero-order chi connectivity index (χ0) is 35.6. The molecule has 0 saturated heterocycles. The first-order chi connectivity index (χ1) is 23.2. The Morgan fingerprint density at radius 3 is 1.46 bits per heavy atom. The standard InChI is InChI=1S/C39H73Cl3N2O4/c1-3-5-7-9-11-13-15-17-18-20-22-24-26-28-30-32-37(46)44-35(33-43-38(47)48-34-39(40,41)42)36(45)31-29-27-25-23-21-19-16-14-12-10-8-6-4-2/h29,31,35-36,45H,3-28,30,32-34H2,1-2H3,(H,43,47)(H,44,46)/b31-29+/t35-,36+/m0/s1. The van der Waals surface area contributed by atoms with E-state index in [1.54, 1.807) is 6.08 Å². The summed E-state index contributed by atoms with van der Waals surface area (Å²) in [6, 6.07) is -0.692. The Labute approximate surface area is 310 Å². The Morgan fingerprint density at radius 1 is 0.646 bits per heavy atom. The maximum absolute atomic E-state index is 12.7. The molecule has 0 rings (SSSR count). The number of hydrogen-bond acceptors (Lipinski definition) is 4. The summed E-state index contributed by atoms with van der Waals surface area (Å²) < 4.78 is 3.21. The fraction of sp³-hybridized carbons (Fsp3) is 0.897. The third-order valence-electron chi connectivity index (χ3n) is 8.91. The van der Waals surface area contributed by atoms with Gasteiger partial charge in [-0.1, -0.05) is 215 Å². The first-order valence-corrected chi connectivity index (χ1v) is 20.9. The average Bonchev–Trinajstić information content (AvgIpc) is 3.05. The predicted octanol–water partition coefficient (Wildman–Crippen LogP) is 12.4. The molecule has 0 aromatic rings. The van der Waals surface area contributed by atoms with E-state index in [9.17, 15) is 14.7 Å². The summed E-state index contributed by atoms with van der Waals surface area (Å²) in [7, 11) is 0. The van der Waals surface area contributed by atoms with Crippen LogP contribution in [0.25, 0.3) is 0 Å². The van der Waals surface area contributed by atoms with Crippen molar-refractivity contribution in [3.63, 3.8) is 0 Å². The summed E-state index contributed by atoms with van der Waals surface area (Å²) in [5.41, 5.74) is 0. The third-order valence-corrected chi connectivity index (χ3v) is 9.23. The Morgan fingerprint density at radius 2 is 1.04 bits per heavy atom. The zero-order valence-electron chi connectivity index (χ0n) is 30.8. The maximum Gasteiger partial charge on any atom is 0.407 e. The fourth-order valence-electron chi connectivity index (χ4n) is 5.88. The summed E-state index contributed by atoms with van der Waals surface area (Å²) in [6.45, 7) is 4.11. The van der Waals surface area contributed by atoms with E-state index in [2.05, 4.69) is 24.5 Å². The van der Waals surface area contributed by atoms with Gasteiger partial charge in [0, 0.05) is 13.0 Å². The number of nitrogens with one attached hydrogen (secondary N) is 2. The number of aliphatic hydroxyl groups is 1. The van der Waals surface area contributed by atoms with Crippen LogP contribution in [0.3, 0.4) is 0 Å². The van der Waals surface area contributed by atoms with E-state index < -0.39 is 28.6 Å². The normalized spacial score (nSPS) is 13.1. The van der Waals surface area contributed by atoms with E-state index in [1.165, 1.54) is 141 Å². The maximum atomic E-state index is 12.7. The van der Waals surface area contributed by atoms with Gasteiger partial charge in [0.1, 0.15) is 6.61 Å². The molecule has 0 aromatic heterocycles. The second-order valence-electron chi connectivity index (χ2n) is 13.7.